The molecule has 0 fully saturated rings. The topological polar surface area (TPSA) is 50.2 Å². The number of hydrogen-bond donors (Lipinski definition) is 1. The number of rotatable bonds is 5. The summed E-state index contributed by atoms with van der Waals surface area (Å²) in [6, 6.07) is 15.7. The Bertz CT molecular complexity index is 863. The van der Waals surface area contributed by atoms with Crippen LogP contribution in [0.15, 0.2) is 48.5 Å². The first-order chi connectivity index (χ1) is 11.6. The molecule has 0 aliphatic rings. The van der Waals surface area contributed by atoms with Gasteiger partial charge in [0.05, 0.1) is 11.1 Å². The van der Waals surface area contributed by atoms with Crippen molar-refractivity contribution in [3.8, 4) is 11.4 Å². The van der Waals surface area contributed by atoms with Gasteiger partial charge in [-0.15, -0.1) is 24.8 Å². The number of aryl methyl sites for hydroxylation is 1. The molecule has 1 aromatic heterocycles. The van der Waals surface area contributed by atoms with Crippen molar-refractivity contribution in [1.29, 1.82) is 0 Å². The van der Waals surface area contributed by atoms with Crippen LogP contribution in [0.25, 0.3) is 22.4 Å². The Kier molecular flexibility index (Phi) is 8.08. The van der Waals surface area contributed by atoms with E-state index in [1.54, 1.807) is 0 Å². The number of hydrogen-bond acceptors (Lipinski definition) is 3. The molecule has 0 atom stereocenters. The van der Waals surface area contributed by atoms with Crippen molar-refractivity contribution in [3.05, 3.63) is 54.1 Å². The Morgan fingerprint density at radius 1 is 1.08 bits per heavy atom. The molecule has 0 saturated heterocycles. The number of imidazole rings is 1. The second-order valence-corrected chi connectivity index (χ2v) is 6.09. The number of nitrogens with one attached hydrogen (secondary N) is 1. The SMILES string of the molecule is CN(C)CCNC(=O)c1cccc2c1nc(-c1ccccc1)n2C.Cl.Cl. The van der Waals surface area contributed by atoms with Gasteiger partial charge in [-0.2, -0.15) is 0 Å². The zero-order valence-corrected chi connectivity index (χ0v) is 16.7. The lowest BCUT2D eigenvalue weighted by molar-refractivity contribution is 0.0952. The van der Waals surface area contributed by atoms with E-state index < -0.39 is 0 Å². The largest absolute Gasteiger partial charge is 0.351 e. The van der Waals surface area contributed by atoms with Gasteiger partial charge in [-0.25, -0.2) is 4.98 Å². The third-order valence-electron chi connectivity index (χ3n) is 4.03. The number of carbonyl (C=O) groups is 1. The number of amides is 1. The fourth-order valence-electron chi connectivity index (χ4n) is 2.73. The van der Waals surface area contributed by atoms with E-state index in [1.807, 2.05) is 79.1 Å². The first-order valence-electron chi connectivity index (χ1n) is 8.01. The Morgan fingerprint density at radius 2 is 1.77 bits per heavy atom. The Morgan fingerprint density at radius 3 is 2.42 bits per heavy atom. The fraction of sp³-hybridized carbons (Fsp3) is 0.263. The highest BCUT2D eigenvalue weighted by Gasteiger charge is 2.16. The molecule has 7 heteroatoms. The number of nitrogens with zero attached hydrogens (tertiary/aromatic N) is 3. The molecule has 3 rings (SSSR count). The summed E-state index contributed by atoms with van der Waals surface area (Å²) in [5, 5.41) is 2.96. The average Bonchev–Trinajstić information content (AvgIpc) is 2.92. The lowest BCUT2D eigenvalue weighted by atomic mass is 10.1. The first-order valence-corrected chi connectivity index (χ1v) is 8.01. The summed E-state index contributed by atoms with van der Waals surface area (Å²) in [6.07, 6.45) is 0. The van der Waals surface area contributed by atoms with Crippen LogP contribution in [0, 0.1) is 0 Å². The van der Waals surface area contributed by atoms with Crippen LogP contribution in [0.2, 0.25) is 0 Å². The molecule has 0 spiro atoms. The van der Waals surface area contributed by atoms with E-state index in [0.29, 0.717) is 12.1 Å². The van der Waals surface area contributed by atoms with Gasteiger partial charge in [0.2, 0.25) is 0 Å². The summed E-state index contributed by atoms with van der Waals surface area (Å²) in [5.74, 6) is 0.777. The Hall–Kier alpha value is -2.08. The molecule has 1 heterocycles. The summed E-state index contributed by atoms with van der Waals surface area (Å²) in [5.41, 5.74) is 3.34. The van der Waals surface area contributed by atoms with Crippen LogP contribution in [0.5, 0.6) is 0 Å². The predicted molar refractivity (Wildman–Crippen MR) is 112 cm³/mol. The van der Waals surface area contributed by atoms with Crippen LogP contribution in [0.3, 0.4) is 0 Å². The van der Waals surface area contributed by atoms with Gasteiger partial charge in [0.15, 0.2) is 0 Å². The molecular formula is C19H24Cl2N4O. The summed E-state index contributed by atoms with van der Waals surface area (Å²) < 4.78 is 2.03. The van der Waals surface area contributed by atoms with Gasteiger partial charge in [-0.3, -0.25) is 4.79 Å². The van der Waals surface area contributed by atoms with Crippen molar-refractivity contribution in [2.45, 2.75) is 0 Å². The average molecular weight is 395 g/mol. The van der Waals surface area contributed by atoms with E-state index in [-0.39, 0.29) is 30.7 Å². The second kappa shape index (κ2) is 9.57. The zero-order valence-electron chi connectivity index (χ0n) is 15.1. The Labute approximate surface area is 166 Å². The second-order valence-electron chi connectivity index (χ2n) is 6.09. The molecule has 26 heavy (non-hydrogen) atoms. The number of aromatic nitrogens is 2. The van der Waals surface area contributed by atoms with Crippen LogP contribution >= 0.6 is 24.8 Å². The zero-order chi connectivity index (χ0) is 17.1. The fourth-order valence-corrected chi connectivity index (χ4v) is 2.73. The van der Waals surface area contributed by atoms with Gasteiger partial charge >= 0.3 is 0 Å². The molecule has 0 aliphatic heterocycles. The van der Waals surface area contributed by atoms with Gasteiger partial charge in [-0.1, -0.05) is 36.4 Å². The molecule has 1 N–H and O–H groups in total. The molecule has 0 aliphatic carbocycles. The van der Waals surface area contributed by atoms with Gasteiger partial charge in [0.1, 0.15) is 11.3 Å². The van der Waals surface area contributed by atoms with Crippen LogP contribution in [-0.2, 0) is 7.05 Å². The molecule has 3 aromatic rings. The van der Waals surface area contributed by atoms with Gasteiger partial charge in [0, 0.05) is 25.7 Å². The molecule has 140 valence electrons. The van der Waals surface area contributed by atoms with E-state index >= 15 is 0 Å². The highest BCUT2D eigenvalue weighted by Crippen LogP contribution is 2.25. The molecule has 5 nitrogen and oxygen atoms in total. The Balaban J connectivity index is 0.00000169. The summed E-state index contributed by atoms with van der Waals surface area (Å²) in [4.78, 5) is 19.3. The third-order valence-corrected chi connectivity index (χ3v) is 4.03. The van der Waals surface area contributed by atoms with Crippen molar-refractivity contribution in [2.75, 3.05) is 27.2 Å². The maximum absolute atomic E-state index is 12.5. The van der Waals surface area contributed by atoms with E-state index in [0.717, 1.165) is 29.0 Å². The molecule has 0 saturated carbocycles. The lowest BCUT2D eigenvalue weighted by Gasteiger charge is -2.10. The van der Waals surface area contributed by atoms with Gasteiger partial charge in [-0.05, 0) is 26.2 Å². The predicted octanol–water partition coefficient (Wildman–Crippen LogP) is 3.38. The standard InChI is InChI=1S/C19H22N4O.2ClH/c1-22(2)13-12-20-19(24)15-10-7-11-16-17(15)21-18(23(16)3)14-8-5-4-6-9-14;;/h4-11H,12-13H2,1-3H3,(H,20,24);2*1H. The van der Waals surface area contributed by atoms with Crippen LogP contribution in [-0.4, -0.2) is 47.5 Å². The summed E-state index contributed by atoms with van der Waals surface area (Å²) >= 11 is 0. The summed E-state index contributed by atoms with van der Waals surface area (Å²) in [7, 11) is 5.95. The minimum Gasteiger partial charge on any atom is -0.351 e. The van der Waals surface area contributed by atoms with Crippen molar-refractivity contribution >= 4 is 41.8 Å². The molecule has 1 amide bonds. The van der Waals surface area contributed by atoms with Crippen molar-refractivity contribution < 1.29 is 4.79 Å². The highest BCUT2D eigenvalue weighted by atomic mass is 35.5. The number of likely N-dealkylation sites (N-methyl/N-ethyl adjacent to an activating group) is 1. The molecule has 0 unspecified atom stereocenters. The number of carbonyl (C=O) groups excluding carboxylic acids is 1. The first kappa shape index (κ1) is 22.0. The van der Waals surface area contributed by atoms with Gasteiger partial charge < -0.3 is 14.8 Å². The van der Waals surface area contributed by atoms with Gasteiger partial charge in [0.25, 0.3) is 5.91 Å². The lowest BCUT2D eigenvalue weighted by Crippen LogP contribution is -2.31. The number of benzene rings is 2. The molecular weight excluding hydrogens is 371 g/mol. The monoisotopic (exact) mass is 394 g/mol. The highest BCUT2D eigenvalue weighted by molar-refractivity contribution is 6.05. The molecule has 2 aromatic carbocycles. The number of para-hydroxylation sites is 1. The summed E-state index contributed by atoms with van der Waals surface area (Å²) in [6.45, 7) is 1.42. The maximum Gasteiger partial charge on any atom is 0.253 e. The molecule has 0 bridgehead atoms. The quantitative estimate of drug-likeness (QED) is 0.721. The third kappa shape index (κ3) is 4.55. The normalized spacial score (nSPS) is 10.3. The van der Waals surface area contributed by atoms with Crippen molar-refractivity contribution in [2.24, 2.45) is 7.05 Å². The van der Waals surface area contributed by atoms with E-state index in [2.05, 4.69) is 5.32 Å². The van der Waals surface area contributed by atoms with Crippen LogP contribution in [0.4, 0.5) is 0 Å². The number of halogens is 2. The van der Waals surface area contributed by atoms with Crippen molar-refractivity contribution in [1.82, 2.24) is 19.8 Å². The molecule has 0 radical (unpaired) electrons. The minimum atomic E-state index is -0.0832. The smallest absolute Gasteiger partial charge is 0.253 e. The van der Waals surface area contributed by atoms with E-state index in [1.165, 1.54) is 0 Å². The van der Waals surface area contributed by atoms with E-state index in [9.17, 15) is 4.79 Å². The van der Waals surface area contributed by atoms with E-state index in [4.69, 9.17) is 4.98 Å². The van der Waals surface area contributed by atoms with Crippen molar-refractivity contribution in [3.63, 3.8) is 0 Å². The van der Waals surface area contributed by atoms with Crippen LogP contribution in [0.1, 0.15) is 10.4 Å². The maximum atomic E-state index is 12.5. The number of fused-ring (bicyclic) bond motifs is 1. The van der Waals surface area contributed by atoms with Crippen LogP contribution < -0.4 is 5.32 Å². The minimum absolute atomic E-state index is 0.